The van der Waals surface area contributed by atoms with E-state index in [1.165, 1.54) is 0 Å². The number of hydrogen-bond acceptors (Lipinski definition) is 10. The van der Waals surface area contributed by atoms with Gasteiger partial charge in [0.2, 0.25) is 0 Å². The average molecular weight is 443 g/mol. The van der Waals surface area contributed by atoms with E-state index < -0.39 is 23.0 Å². The molecule has 0 aromatic rings. The molecule has 4 atom stereocenters. The average Bonchev–Trinajstić information content (AvgIpc) is 3.26. The molecule has 3 rings (SSSR count). The zero-order chi connectivity index (χ0) is 19.4. The summed E-state index contributed by atoms with van der Waals surface area (Å²) in [6, 6.07) is 0.137. The monoisotopic (exact) mass is 443 g/mol. The Bertz CT molecular complexity index is 627. The molecule has 2 unspecified atom stereocenters. The minimum atomic E-state index is -0.984. The molecule has 0 aliphatic carbocycles. The fraction of sp³-hybridized carbons (Fsp3) is 0.714. The van der Waals surface area contributed by atoms with Gasteiger partial charge in [0, 0.05) is 29.5 Å². The van der Waals surface area contributed by atoms with Crippen LogP contribution in [0.25, 0.3) is 0 Å². The summed E-state index contributed by atoms with van der Waals surface area (Å²) in [6.07, 6.45) is 1.94. The van der Waals surface area contributed by atoms with E-state index in [0.717, 1.165) is 18.6 Å². The normalized spacial score (nSPS) is 28.6. The molecule has 3 aliphatic rings. The third kappa shape index (κ3) is 5.75. The van der Waals surface area contributed by atoms with Crippen LogP contribution in [0.3, 0.4) is 0 Å². The molecular formula is C14H18N3NaO8S2. The van der Waals surface area contributed by atoms with Crippen LogP contribution in [0.1, 0.15) is 32.1 Å². The molecule has 11 nitrogen and oxygen atoms in total. The predicted octanol–water partition coefficient (Wildman–Crippen LogP) is -3.83. The van der Waals surface area contributed by atoms with Gasteiger partial charge in [0.15, 0.2) is 0 Å². The minimum absolute atomic E-state index is 0. The van der Waals surface area contributed by atoms with E-state index in [9.17, 15) is 24.4 Å². The molecule has 0 radical (unpaired) electrons. The van der Waals surface area contributed by atoms with Crippen molar-refractivity contribution < 1.29 is 68.2 Å². The van der Waals surface area contributed by atoms with E-state index in [1.807, 2.05) is 0 Å². The van der Waals surface area contributed by atoms with Gasteiger partial charge in [0.25, 0.3) is 11.8 Å². The zero-order valence-corrected chi connectivity index (χ0v) is 18.7. The van der Waals surface area contributed by atoms with E-state index in [4.69, 9.17) is 4.84 Å². The molecule has 28 heavy (non-hydrogen) atoms. The molecule has 150 valence electrons. The number of thioether (sulfide) groups is 1. The number of imide groups is 1. The Kier molecular flexibility index (Phi) is 9.34. The van der Waals surface area contributed by atoms with Crippen molar-refractivity contribution >= 4 is 47.6 Å². The fourth-order valence-electron chi connectivity index (χ4n) is 3.22. The fourth-order valence-corrected chi connectivity index (χ4v) is 5.28. The number of carbonyl (C=O) groups excluding carboxylic acids is 4. The Balaban J connectivity index is 0.00000280. The summed E-state index contributed by atoms with van der Waals surface area (Å²) >= 11 is 2.19. The second kappa shape index (κ2) is 11.0. The van der Waals surface area contributed by atoms with Crippen LogP contribution < -0.4 is 45.4 Å². The third-order valence-corrected chi connectivity index (χ3v) is 6.74. The van der Waals surface area contributed by atoms with Crippen LogP contribution >= 0.6 is 23.8 Å². The summed E-state index contributed by atoms with van der Waals surface area (Å²) in [5.74, 6) is -1.27. The second-order valence-electron chi connectivity index (χ2n) is 6.28. The maximum atomic E-state index is 11.9. The Labute approximate surface area is 191 Å². The van der Waals surface area contributed by atoms with Gasteiger partial charge in [-0.3, -0.25) is 14.6 Å². The molecule has 0 bridgehead atoms. The van der Waals surface area contributed by atoms with Crippen LogP contribution in [-0.4, -0.2) is 57.2 Å². The van der Waals surface area contributed by atoms with Gasteiger partial charge in [-0.15, -0.1) is 5.06 Å². The number of nitrogens with zero attached hydrogens (tertiary/aromatic N) is 1. The van der Waals surface area contributed by atoms with Crippen molar-refractivity contribution in [3.63, 3.8) is 0 Å². The summed E-state index contributed by atoms with van der Waals surface area (Å²) in [5, 5.41) is 18.4. The van der Waals surface area contributed by atoms with Crippen molar-refractivity contribution in [2.24, 2.45) is 0 Å². The number of rotatable bonds is 9. The molecule has 3 heterocycles. The Hall–Kier alpha value is -0.540. The van der Waals surface area contributed by atoms with Crippen molar-refractivity contribution in [2.45, 2.75) is 54.7 Å². The van der Waals surface area contributed by atoms with Gasteiger partial charge in [-0.2, -0.15) is 16.1 Å². The molecule has 4 amide bonds. The van der Waals surface area contributed by atoms with Gasteiger partial charge in [-0.1, -0.05) is 6.42 Å². The predicted molar refractivity (Wildman–Crippen MR) is 90.1 cm³/mol. The van der Waals surface area contributed by atoms with Gasteiger partial charge < -0.3 is 20.7 Å². The van der Waals surface area contributed by atoms with E-state index >= 15 is 0 Å². The van der Waals surface area contributed by atoms with Crippen molar-refractivity contribution in [3.8, 4) is 0 Å². The molecule has 3 fully saturated rings. The van der Waals surface area contributed by atoms with E-state index in [2.05, 4.69) is 20.0 Å². The number of urea groups is 1. The molecule has 3 saturated heterocycles. The number of unbranched alkanes of at least 4 members (excludes halogenated alkanes) is 1. The molecule has 0 saturated carbocycles. The summed E-state index contributed by atoms with van der Waals surface area (Å²) in [4.78, 5) is 51.7. The molecule has 0 aromatic carbocycles. The first-order chi connectivity index (χ1) is 13.0. The van der Waals surface area contributed by atoms with Crippen LogP contribution in [0, 0.1) is 0 Å². The zero-order valence-electron chi connectivity index (χ0n) is 15.1. The number of amides is 4. The van der Waals surface area contributed by atoms with Crippen molar-refractivity contribution in [1.82, 2.24) is 15.7 Å². The van der Waals surface area contributed by atoms with Gasteiger partial charge >= 0.3 is 41.6 Å². The smallest absolute Gasteiger partial charge is 0.691 e. The largest absolute Gasteiger partial charge is 1.00 e. The number of hydrogen-bond donors (Lipinski definition) is 2. The summed E-state index contributed by atoms with van der Waals surface area (Å²) in [7, 11) is 0. The molecule has 0 aromatic heterocycles. The van der Waals surface area contributed by atoms with Crippen molar-refractivity contribution in [2.75, 3.05) is 5.75 Å². The molecular weight excluding hydrogens is 425 g/mol. The molecule has 0 spiro atoms. The number of hydroxylamine groups is 2. The van der Waals surface area contributed by atoms with Crippen LogP contribution in [0.15, 0.2) is 0 Å². The SMILES string of the molecule is O=C1N[C@H]2CSC(CCCCC(=O)ON3C(=O)CC(SOO[O-])C3=O)[C@H]2N1.[Na+]. The van der Waals surface area contributed by atoms with Crippen LogP contribution in [-0.2, 0) is 28.6 Å². The third-order valence-electron chi connectivity index (χ3n) is 4.50. The van der Waals surface area contributed by atoms with E-state index in [0.29, 0.717) is 28.8 Å². The summed E-state index contributed by atoms with van der Waals surface area (Å²) in [6.45, 7) is 0. The first-order valence-electron chi connectivity index (χ1n) is 8.38. The minimum Gasteiger partial charge on any atom is -0.691 e. The summed E-state index contributed by atoms with van der Waals surface area (Å²) in [5.41, 5.74) is 0. The maximum absolute atomic E-state index is 11.9. The second-order valence-corrected chi connectivity index (χ2v) is 8.45. The Morgan fingerprint density at radius 1 is 1.29 bits per heavy atom. The van der Waals surface area contributed by atoms with Crippen LogP contribution in [0.2, 0.25) is 0 Å². The maximum Gasteiger partial charge on any atom is 1.00 e. The van der Waals surface area contributed by atoms with Crippen molar-refractivity contribution in [1.29, 1.82) is 0 Å². The standard InChI is InChI=1S/C14H19N3O8S2.Na/c18-10-5-9(27-25-24-22)13(20)17(10)23-11(19)4-2-1-3-8-12-7(6-26-8)15-14(21)16-12;/h7-9,12,22H,1-6H2,(H2,15,16,21);/q;+1/p-1/t7-,8?,9?,12-;/m0./s1. The van der Waals surface area contributed by atoms with Gasteiger partial charge in [-0.05, 0) is 12.8 Å². The summed E-state index contributed by atoms with van der Waals surface area (Å²) < 4.78 is 4.04. The number of fused-ring (bicyclic) bond motifs is 1. The quantitative estimate of drug-likeness (QED) is 0.0691. The van der Waals surface area contributed by atoms with Gasteiger partial charge in [0.1, 0.15) is 5.25 Å². The van der Waals surface area contributed by atoms with Gasteiger partial charge in [-0.25, -0.2) is 9.59 Å². The Morgan fingerprint density at radius 2 is 2.07 bits per heavy atom. The number of carbonyl (C=O) groups is 4. The molecule has 14 heteroatoms. The molecule has 2 N–H and O–H groups in total. The van der Waals surface area contributed by atoms with Crippen LogP contribution in [0.4, 0.5) is 4.79 Å². The topological polar surface area (TPSA) is 146 Å². The van der Waals surface area contributed by atoms with Crippen molar-refractivity contribution in [3.05, 3.63) is 0 Å². The number of nitrogens with one attached hydrogen (secondary N) is 2. The first kappa shape index (κ1) is 23.7. The molecule has 3 aliphatic heterocycles. The first-order valence-corrected chi connectivity index (χ1v) is 10.2. The van der Waals surface area contributed by atoms with Crippen LogP contribution in [0.5, 0.6) is 0 Å². The Morgan fingerprint density at radius 3 is 2.82 bits per heavy atom. The van der Waals surface area contributed by atoms with Gasteiger partial charge in [0.05, 0.1) is 18.5 Å². The van der Waals surface area contributed by atoms with E-state index in [-0.39, 0.29) is 60.5 Å². The van der Waals surface area contributed by atoms with E-state index in [1.54, 1.807) is 11.8 Å².